The number of thiocarbonyl (C=S) groups is 1. The van der Waals surface area contributed by atoms with E-state index in [0.717, 1.165) is 29.5 Å². The zero-order valence-corrected chi connectivity index (χ0v) is 18.7. The van der Waals surface area contributed by atoms with Gasteiger partial charge < -0.3 is 29.1 Å². The normalized spacial score (nSPS) is 16.1. The van der Waals surface area contributed by atoms with E-state index in [4.69, 9.17) is 26.1 Å². The lowest BCUT2D eigenvalue weighted by Crippen LogP contribution is -2.45. The summed E-state index contributed by atoms with van der Waals surface area (Å²) >= 11 is 5.77. The van der Waals surface area contributed by atoms with Crippen LogP contribution in [0.15, 0.2) is 45.8 Å². The third kappa shape index (κ3) is 4.60. The number of benzene rings is 1. The quantitative estimate of drug-likeness (QED) is 0.563. The molecule has 0 unspecified atom stereocenters. The van der Waals surface area contributed by atoms with Crippen LogP contribution in [0.25, 0.3) is 10.9 Å². The van der Waals surface area contributed by atoms with Crippen LogP contribution in [0.3, 0.4) is 0 Å². The number of fused-ring (bicyclic) bond motifs is 2. The Morgan fingerprint density at radius 1 is 1.09 bits per heavy atom. The van der Waals surface area contributed by atoms with Crippen molar-refractivity contribution in [3.05, 3.63) is 58.3 Å². The van der Waals surface area contributed by atoms with Crippen molar-refractivity contribution in [1.29, 1.82) is 0 Å². The van der Waals surface area contributed by atoms with Crippen molar-refractivity contribution in [2.45, 2.75) is 51.2 Å². The predicted molar refractivity (Wildman–Crippen MR) is 126 cm³/mol. The summed E-state index contributed by atoms with van der Waals surface area (Å²) in [5.41, 5.74) is 1.22. The monoisotopic (exact) mass is 453 g/mol. The van der Waals surface area contributed by atoms with Crippen LogP contribution in [0.5, 0.6) is 11.5 Å². The SMILES string of the molecule is O=c1[nH]c2cc3c(cc2cc1CN(Cc1ccco1)C(=S)NC1CCCCC1)OCCO3. The lowest BCUT2D eigenvalue weighted by molar-refractivity contribution is 0.172. The van der Waals surface area contributed by atoms with Crippen LogP contribution in [0.2, 0.25) is 0 Å². The minimum atomic E-state index is -0.140. The van der Waals surface area contributed by atoms with E-state index in [1.54, 1.807) is 6.26 Å². The second-order valence-corrected chi connectivity index (χ2v) is 8.81. The molecule has 1 fully saturated rings. The van der Waals surface area contributed by atoms with Gasteiger partial charge >= 0.3 is 0 Å². The number of hydrogen-bond acceptors (Lipinski definition) is 5. The molecule has 0 spiro atoms. The molecule has 1 aliphatic carbocycles. The van der Waals surface area contributed by atoms with Crippen molar-refractivity contribution in [3.63, 3.8) is 0 Å². The highest BCUT2D eigenvalue weighted by Gasteiger charge is 2.20. The van der Waals surface area contributed by atoms with E-state index in [-0.39, 0.29) is 5.56 Å². The minimum absolute atomic E-state index is 0.140. The molecule has 0 saturated heterocycles. The first-order chi connectivity index (χ1) is 15.7. The number of nitrogens with zero attached hydrogens (tertiary/aromatic N) is 1. The molecule has 2 aliphatic rings. The number of furan rings is 1. The summed E-state index contributed by atoms with van der Waals surface area (Å²) in [5, 5.41) is 5.06. The van der Waals surface area contributed by atoms with E-state index in [1.165, 1.54) is 19.3 Å². The third-order valence-electron chi connectivity index (χ3n) is 6.09. The fourth-order valence-electron chi connectivity index (χ4n) is 4.41. The topological polar surface area (TPSA) is 79.7 Å². The third-order valence-corrected chi connectivity index (χ3v) is 6.47. The van der Waals surface area contributed by atoms with Gasteiger partial charge in [-0.15, -0.1) is 0 Å². The summed E-state index contributed by atoms with van der Waals surface area (Å²) in [6, 6.07) is 9.81. The molecule has 3 heterocycles. The van der Waals surface area contributed by atoms with Crippen LogP contribution in [0.4, 0.5) is 0 Å². The van der Waals surface area contributed by atoms with Gasteiger partial charge in [-0.05, 0) is 49.3 Å². The van der Waals surface area contributed by atoms with Gasteiger partial charge in [0.15, 0.2) is 16.6 Å². The minimum Gasteiger partial charge on any atom is -0.486 e. The number of nitrogens with one attached hydrogen (secondary N) is 2. The second kappa shape index (κ2) is 9.24. The standard InChI is InChI=1S/C24H27N3O4S/c28-23-17(11-16-12-21-22(13-20(16)26-23)31-10-9-30-21)14-27(15-19-7-4-8-29-19)24(32)25-18-5-2-1-3-6-18/h4,7-8,11-13,18H,1-3,5-6,9-10,14-15H2,(H,25,32)(H,26,28). The number of rotatable bonds is 5. The van der Waals surface area contributed by atoms with E-state index in [0.29, 0.717) is 54.5 Å². The Balaban J connectivity index is 1.41. The molecule has 8 heteroatoms. The van der Waals surface area contributed by atoms with Gasteiger partial charge in [-0.2, -0.15) is 0 Å². The van der Waals surface area contributed by atoms with E-state index in [1.807, 2.05) is 35.2 Å². The maximum absolute atomic E-state index is 12.9. The number of H-pyrrole nitrogens is 1. The predicted octanol–water partition coefficient (Wildman–Crippen LogP) is 4.10. The van der Waals surface area contributed by atoms with E-state index < -0.39 is 0 Å². The van der Waals surface area contributed by atoms with Gasteiger partial charge in [-0.25, -0.2) is 0 Å². The molecule has 0 amide bonds. The average molecular weight is 454 g/mol. The molecule has 2 N–H and O–H groups in total. The zero-order valence-electron chi connectivity index (χ0n) is 17.9. The van der Waals surface area contributed by atoms with Crippen molar-refractivity contribution < 1.29 is 13.9 Å². The molecule has 3 aromatic rings. The molecular weight excluding hydrogens is 426 g/mol. The van der Waals surface area contributed by atoms with Crippen molar-refractivity contribution in [2.75, 3.05) is 13.2 Å². The molecule has 1 aliphatic heterocycles. The molecule has 7 nitrogen and oxygen atoms in total. The lowest BCUT2D eigenvalue weighted by Gasteiger charge is -2.30. The highest BCUT2D eigenvalue weighted by Crippen LogP contribution is 2.33. The fraction of sp³-hybridized carbons (Fsp3) is 0.417. The smallest absolute Gasteiger partial charge is 0.253 e. The van der Waals surface area contributed by atoms with E-state index in [2.05, 4.69) is 10.3 Å². The first-order valence-corrected chi connectivity index (χ1v) is 11.6. The van der Waals surface area contributed by atoms with Crippen LogP contribution in [-0.4, -0.2) is 34.3 Å². The summed E-state index contributed by atoms with van der Waals surface area (Å²) < 4.78 is 16.9. The number of aromatic nitrogens is 1. The van der Waals surface area contributed by atoms with Crippen LogP contribution in [0.1, 0.15) is 43.4 Å². The zero-order chi connectivity index (χ0) is 21.9. The van der Waals surface area contributed by atoms with Gasteiger partial charge in [0, 0.05) is 23.1 Å². The summed E-state index contributed by atoms with van der Waals surface area (Å²) in [6.45, 7) is 1.89. The number of aromatic amines is 1. The van der Waals surface area contributed by atoms with E-state index >= 15 is 0 Å². The van der Waals surface area contributed by atoms with Gasteiger partial charge in [-0.1, -0.05) is 19.3 Å². The van der Waals surface area contributed by atoms with E-state index in [9.17, 15) is 4.79 Å². The average Bonchev–Trinajstić information content (AvgIpc) is 3.32. The molecule has 0 atom stereocenters. The van der Waals surface area contributed by atoms with Gasteiger partial charge in [0.05, 0.1) is 24.9 Å². The second-order valence-electron chi connectivity index (χ2n) is 8.43. The number of hydrogen-bond donors (Lipinski definition) is 2. The Morgan fingerprint density at radius 3 is 2.62 bits per heavy atom. The summed E-state index contributed by atoms with van der Waals surface area (Å²) in [4.78, 5) is 17.9. The number of pyridine rings is 1. The first kappa shape index (κ1) is 20.9. The Kier molecular flexibility index (Phi) is 6.03. The molecule has 32 heavy (non-hydrogen) atoms. The largest absolute Gasteiger partial charge is 0.486 e. The molecule has 0 bridgehead atoms. The lowest BCUT2D eigenvalue weighted by atomic mass is 9.96. The molecule has 0 radical (unpaired) electrons. The van der Waals surface area contributed by atoms with Crippen molar-refractivity contribution in [1.82, 2.24) is 15.2 Å². The van der Waals surface area contributed by atoms with Gasteiger partial charge in [0.2, 0.25) is 0 Å². The highest BCUT2D eigenvalue weighted by molar-refractivity contribution is 7.80. The van der Waals surface area contributed by atoms with Crippen LogP contribution in [0, 0.1) is 0 Å². The summed E-state index contributed by atoms with van der Waals surface area (Å²) in [6.07, 6.45) is 7.62. The molecule has 2 aromatic heterocycles. The van der Waals surface area contributed by atoms with Crippen LogP contribution < -0.4 is 20.3 Å². The first-order valence-electron chi connectivity index (χ1n) is 11.2. The Morgan fingerprint density at radius 2 is 1.88 bits per heavy atom. The number of ether oxygens (including phenoxy) is 2. The van der Waals surface area contributed by atoms with Crippen LogP contribution >= 0.6 is 12.2 Å². The summed E-state index contributed by atoms with van der Waals surface area (Å²) in [7, 11) is 0. The van der Waals surface area contributed by atoms with Crippen molar-refractivity contribution >= 4 is 28.2 Å². The van der Waals surface area contributed by atoms with Crippen molar-refractivity contribution in [2.24, 2.45) is 0 Å². The van der Waals surface area contributed by atoms with Crippen LogP contribution in [-0.2, 0) is 13.1 Å². The maximum atomic E-state index is 12.9. The summed E-state index contributed by atoms with van der Waals surface area (Å²) in [5.74, 6) is 2.16. The maximum Gasteiger partial charge on any atom is 0.253 e. The molecule has 1 saturated carbocycles. The van der Waals surface area contributed by atoms with Gasteiger partial charge in [0.1, 0.15) is 19.0 Å². The fourth-order valence-corrected chi connectivity index (χ4v) is 4.71. The Labute approximate surface area is 191 Å². The highest BCUT2D eigenvalue weighted by atomic mass is 32.1. The Hall–Kier alpha value is -3.00. The molecule has 5 rings (SSSR count). The molecule has 1 aromatic carbocycles. The van der Waals surface area contributed by atoms with Gasteiger partial charge in [0.25, 0.3) is 5.56 Å². The molecule has 168 valence electrons. The Bertz CT molecular complexity index is 1150. The van der Waals surface area contributed by atoms with Gasteiger partial charge in [-0.3, -0.25) is 4.79 Å². The van der Waals surface area contributed by atoms with Crippen molar-refractivity contribution in [3.8, 4) is 11.5 Å². The molecular formula is C24H27N3O4S.